The number of para-hydroxylation sites is 1. The topological polar surface area (TPSA) is 72.7 Å². The lowest BCUT2D eigenvalue weighted by Gasteiger charge is -2.10. The molecule has 0 radical (unpaired) electrons. The number of nitrogens with one attached hydrogen (secondary N) is 1. The van der Waals surface area contributed by atoms with Gasteiger partial charge in [0.15, 0.2) is 11.0 Å². The van der Waals surface area contributed by atoms with Gasteiger partial charge in [-0.1, -0.05) is 72.4 Å². The van der Waals surface area contributed by atoms with Crippen molar-refractivity contribution < 1.29 is 4.79 Å². The van der Waals surface area contributed by atoms with Gasteiger partial charge in [-0.15, -0.1) is 10.2 Å². The zero-order valence-corrected chi connectivity index (χ0v) is 19.7. The number of hydrogen-bond acceptors (Lipinski definition) is 5. The summed E-state index contributed by atoms with van der Waals surface area (Å²) in [7, 11) is 0. The molecule has 0 unspecified atom stereocenters. The molecule has 1 amide bonds. The highest BCUT2D eigenvalue weighted by Crippen LogP contribution is 2.28. The molecule has 3 aromatic carbocycles. The summed E-state index contributed by atoms with van der Waals surface area (Å²) >= 11 is 1.36. The number of pyridine rings is 1. The van der Waals surface area contributed by atoms with Crippen molar-refractivity contribution in [3.05, 3.63) is 121 Å². The first kappa shape index (κ1) is 22.6. The molecule has 2 heterocycles. The highest BCUT2D eigenvalue weighted by molar-refractivity contribution is 7.99. The van der Waals surface area contributed by atoms with Gasteiger partial charge < -0.3 is 5.32 Å². The minimum Gasteiger partial charge on any atom is -0.325 e. The Bertz CT molecular complexity index is 1390. The number of hydrogen-bond donors (Lipinski definition) is 1. The first-order valence-electron chi connectivity index (χ1n) is 11.2. The molecule has 0 bridgehead atoms. The Balaban J connectivity index is 1.26. The lowest BCUT2D eigenvalue weighted by Crippen LogP contribution is -2.14. The molecule has 0 saturated carbocycles. The number of nitrogens with zero attached hydrogens (tertiary/aromatic N) is 4. The number of rotatable bonds is 8. The van der Waals surface area contributed by atoms with E-state index in [2.05, 4.69) is 20.5 Å². The number of anilines is 1. The number of amides is 1. The Labute approximate surface area is 208 Å². The molecular weight excluding hydrogens is 454 g/mol. The Kier molecular flexibility index (Phi) is 6.96. The van der Waals surface area contributed by atoms with Crippen molar-refractivity contribution in [1.29, 1.82) is 0 Å². The first-order valence-corrected chi connectivity index (χ1v) is 12.2. The van der Waals surface area contributed by atoms with Crippen LogP contribution in [-0.2, 0) is 11.2 Å². The highest BCUT2D eigenvalue weighted by Gasteiger charge is 2.17. The molecule has 6 nitrogen and oxygen atoms in total. The Morgan fingerprint density at radius 1 is 0.771 bits per heavy atom. The fourth-order valence-electron chi connectivity index (χ4n) is 3.72. The van der Waals surface area contributed by atoms with Crippen LogP contribution in [0.2, 0.25) is 0 Å². The van der Waals surface area contributed by atoms with Crippen LogP contribution in [0.4, 0.5) is 5.69 Å². The van der Waals surface area contributed by atoms with Crippen LogP contribution in [0.5, 0.6) is 0 Å². The quantitative estimate of drug-likeness (QED) is 0.292. The van der Waals surface area contributed by atoms with Gasteiger partial charge in [0.1, 0.15) is 0 Å². The molecule has 7 heteroatoms. The molecule has 0 aliphatic rings. The molecule has 0 aliphatic heterocycles. The average Bonchev–Trinajstić information content (AvgIpc) is 3.34. The number of carbonyl (C=O) groups is 1. The van der Waals surface area contributed by atoms with Gasteiger partial charge in [0.2, 0.25) is 5.91 Å². The largest absolute Gasteiger partial charge is 0.325 e. The van der Waals surface area contributed by atoms with Gasteiger partial charge in [-0.2, -0.15) is 0 Å². The minimum absolute atomic E-state index is 0.0965. The summed E-state index contributed by atoms with van der Waals surface area (Å²) in [5.41, 5.74) is 5.05. The van der Waals surface area contributed by atoms with Crippen molar-refractivity contribution in [2.45, 2.75) is 11.6 Å². The van der Waals surface area contributed by atoms with Gasteiger partial charge in [0, 0.05) is 29.3 Å². The molecule has 0 aliphatic carbocycles. The van der Waals surface area contributed by atoms with Crippen molar-refractivity contribution in [2.75, 3.05) is 11.1 Å². The van der Waals surface area contributed by atoms with Crippen molar-refractivity contribution >= 4 is 23.4 Å². The van der Waals surface area contributed by atoms with E-state index in [9.17, 15) is 4.79 Å². The Morgan fingerprint density at radius 2 is 1.43 bits per heavy atom. The van der Waals surface area contributed by atoms with Crippen LogP contribution < -0.4 is 5.32 Å². The molecule has 0 atom stereocenters. The number of aromatic nitrogens is 4. The number of thioether (sulfide) groups is 1. The van der Waals surface area contributed by atoms with Crippen LogP contribution in [-0.4, -0.2) is 31.4 Å². The van der Waals surface area contributed by atoms with Gasteiger partial charge in [0.25, 0.3) is 0 Å². The third-order valence-electron chi connectivity index (χ3n) is 5.41. The molecule has 172 valence electrons. The normalized spacial score (nSPS) is 10.7. The van der Waals surface area contributed by atoms with Crippen LogP contribution in [0.1, 0.15) is 11.1 Å². The summed E-state index contributed by atoms with van der Waals surface area (Å²) < 4.78 is 1.99. The summed E-state index contributed by atoms with van der Waals surface area (Å²) in [6, 6.07) is 31.8. The van der Waals surface area contributed by atoms with Crippen LogP contribution in [0.15, 0.2) is 115 Å². The SMILES string of the molecule is O=C(CSc1nnc(-c2ccccc2)n1-c1ccccc1)Nc1ccc(Cc2ccncc2)cc1. The summed E-state index contributed by atoms with van der Waals surface area (Å²) in [6.45, 7) is 0. The second-order valence-electron chi connectivity index (χ2n) is 7.91. The van der Waals surface area contributed by atoms with Crippen molar-refractivity contribution in [3.63, 3.8) is 0 Å². The van der Waals surface area contributed by atoms with Crippen molar-refractivity contribution in [2.24, 2.45) is 0 Å². The third-order valence-corrected chi connectivity index (χ3v) is 6.34. The lowest BCUT2D eigenvalue weighted by atomic mass is 10.1. The van der Waals surface area contributed by atoms with Gasteiger partial charge >= 0.3 is 0 Å². The van der Waals surface area contributed by atoms with Gasteiger partial charge in [-0.25, -0.2) is 0 Å². The van der Waals surface area contributed by atoms with E-state index in [0.717, 1.165) is 29.2 Å². The highest BCUT2D eigenvalue weighted by atomic mass is 32.2. The Morgan fingerprint density at radius 3 is 2.14 bits per heavy atom. The minimum atomic E-state index is -0.0965. The predicted molar refractivity (Wildman–Crippen MR) is 140 cm³/mol. The second-order valence-corrected chi connectivity index (χ2v) is 8.85. The van der Waals surface area contributed by atoms with E-state index in [1.807, 2.05) is 102 Å². The molecule has 1 N–H and O–H groups in total. The third kappa shape index (κ3) is 5.65. The van der Waals surface area contributed by atoms with E-state index in [0.29, 0.717) is 5.16 Å². The van der Waals surface area contributed by atoms with Crippen LogP contribution in [0.25, 0.3) is 17.1 Å². The molecule has 5 aromatic rings. The maximum Gasteiger partial charge on any atom is 0.234 e. The average molecular weight is 478 g/mol. The van der Waals surface area contributed by atoms with Crippen molar-refractivity contribution in [3.8, 4) is 17.1 Å². The first-order chi connectivity index (χ1) is 17.3. The Hall–Kier alpha value is -4.23. The van der Waals surface area contributed by atoms with Gasteiger partial charge in [-0.05, 0) is 53.9 Å². The molecular formula is C28H23N5OS. The maximum atomic E-state index is 12.7. The van der Waals surface area contributed by atoms with E-state index in [-0.39, 0.29) is 11.7 Å². The fourth-order valence-corrected chi connectivity index (χ4v) is 4.47. The van der Waals surface area contributed by atoms with Gasteiger partial charge in [0.05, 0.1) is 5.75 Å². The van der Waals surface area contributed by atoms with E-state index < -0.39 is 0 Å². The zero-order chi connectivity index (χ0) is 23.9. The second kappa shape index (κ2) is 10.8. The van der Waals surface area contributed by atoms with Crippen molar-refractivity contribution in [1.82, 2.24) is 19.7 Å². The van der Waals surface area contributed by atoms with E-state index in [1.54, 1.807) is 12.4 Å². The van der Waals surface area contributed by atoms with Crippen LogP contribution in [0, 0.1) is 0 Å². The van der Waals surface area contributed by atoms with E-state index in [1.165, 1.54) is 22.9 Å². The summed E-state index contributed by atoms with van der Waals surface area (Å²) in [5.74, 6) is 0.865. The number of benzene rings is 3. The van der Waals surface area contributed by atoms with E-state index >= 15 is 0 Å². The monoisotopic (exact) mass is 477 g/mol. The molecule has 5 rings (SSSR count). The number of carbonyl (C=O) groups excluding carboxylic acids is 1. The summed E-state index contributed by atoms with van der Waals surface area (Å²) in [6.07, 6.45) is 4.41. The molecule has 0 saturated heterocycles. The van der Waals surface area contributed by atoms with Crippen LogP contribution >= 0.6 is 11.8 Å². The maximum absolute atomic E-state index is 12.7. The molecule has 2 aromatic heterocycles. The molecule has 35 heavy (non-hydrogen) atoms. The van der Waals surface area contributed by atoms with Gasteiger partial charge in [-0.3, -0.25) is 14.3 Å². The zero-order valence-electron chi connectivity index (χ0n) is 18.9. The fraction of sp³-hybridized carbons (Fsp3) is 0.0714. The molecule has 0 fully saturated rings. The van der Waals surface area contributed by atoms with E-state index in [4.69, 9.17) is 0 Å². The smallest absolute Gasteiger partial charge is 0.234 e. The summed E-state index contributed by atoms with van der Waals surface area (Å²) in [4.78, 5) is 16.7. The lowest BCUT2D eigenvalue weighted by molar-refractivity contribution is -0.113. The summed E-state index contributed by atoms with van der Waals surface area (Å²) in [5, 5.41) is 12.5. The van der Waals surface area contributed by atoms with Crippen LogP contribution in [0.3, 0.4) is 0 Å². The predicted octanol–water partition coefficient (Wildman–Crippen LogP) is 5.65. The molecule has 0 spiro atoms. The standard InChI is InChI=1S/C28H23N5OS/c34-26(30-24-13-11-21(12-14-24)19-22-15-17-29-18-16-22)20-35-28-32-31-27(23-7-3-1-4-8-23)33(28)25-9-5-2-6-10-25/h1-18H,19-20H2,(H,30,34).